The second-order valence-electron chi connectivity index (χ2n) is 4.63. The zero-order valence-electron chi connectivity index (χ0n) is 10.8. The summed E-state index contributed by atoms with van der Waals surface area (Å²) in [6, 6.07) is 5.59. The molecule has 3 rings (SSSR count). The second kappa shape index (κ2) is 3.98. The number of aromatic amines is 1. The van der Waals surface area contributed by atoms with E-state index in [2.05, 4.69) is 9.97 Å². The summed E-state index contributed by atoms with van der Waals surface area (Å²) in [5.74, 6) is 0.470. The Hall–Kier alpha value is -2.56. The molecule has 0 unspecified atom stereocenters. The molecule has 0 fully saturated rings. The first kappa shape index (κ1) is 11.5. The molecule has 96 valence electrons. The van der Waals surface area contributed by atoms with Crippen LogP contribution in [0.3, 0.4) is 0 Å². The van der Waals surface area contributed by atoms with Crippen LogP contribution in [0.4, 0.5) is 5.82 Å². The maximum Gasteiger partial charge on any atom is 0.274 e. The van der Waals surface area contributed by atoms with Gasteiger partial charge in [-0.25, -0.2) is 4.98 Å². The van der Waals surface area contributed by atoms with Crippen molar-refractivity contribution >= 4 is 16.7 Å². The van der Waals surface area contributed by atoms with Crippen LogP contribution in [-0.4, -0.2) is 14.5 Å². The van der Waals surface area contributed by atoms with Gasteiger partial charge in [-0.05, 0) is 24.6 Å². The number of fused-ring (bicyclic) bond motifs is 1. The molecule has 0 bridgehead atoms. The number of H-pyrrole nitrogens is 1. The summed E-state index contributed by atoms with van der Waals surface area (Å²) in [5.41, 5.74) is 9.04. The van der Waals surface area contributed by atoms with Gasteiger partial charge in [0.15, 0.2) is 0 Å². The van der Waals surface area contributed by atoms with Crippen molar-refractivity contribution in [2.24, 2.45) is 7.05 Å². The summed E-state index contributed by atoms with van der Waals surface area (Å²) in [5, 5.41) is 0.865. The zero-order chi connectivity index (χ0) is 13.6. The third kappa shape index (κ3) is 1.71. The molecule has 3 N–H and O–H groups in total. The number of rotatable bonds is 1. The SMILES string of the molecule is Cc1ccc(N)nc1-c1cn(C)c(=O)c2[nH]ccc12. The maximum absolute atomic E-state index is 12.0. The van der Waals surface area contributed by atoms with Gasteiger partial charge in [0.05, 0.1) is 5.69 Å². The standard InChI is InChI=1S/C14H14N4O/c1-8-3-4-11(15)17-12(8)10-7-18(2)14(19)13-9(10)5-6-16-13/h3-7,16H,1-2H3,(H2,15,17). The van der Waals surface area contributed by atoms with Gasteiger partial charge < -0.3 is 15.3 Å². The van der Waals surface area contributed by atoms with Crippen LogP contribution in [0.2, 0.25) is 0 Å². The summed E-state index contributed by atoms with van der Waals surface area (Å²) < 4.78 is 1.55. The second-order valence-corrected chi connectivity index (χ2v) is 4.63. The molecule has 19 heavy (non-hydrogen) atoms. The Bertz CT molecular complexity index is 829. The van der Waals surface area contributed by atoms with Crippen molar-refractivity contribution in [2.75, 3.05) is 5.73 Å². The highest BCUT2D eigenvalue weighted by atomic mass is 16.1. The molecule has 3 aromatic heterocycles. The average molecular weight is 254 g/mol. The Labute approximate surface area is 109 Å². The fraction of sp³-hybridized carbons (Fsp3) is 0.143. The van der Waals surface area contributed by atoms with Crippen LogP contribution in [0, 0.1) is 6.92 Å². The average Bonchev–Trinajstić information content (AvgIpc) is 2.86. The largest absolute Gasteiger partial charge is 0.384 e. The van der Waals surface area contributed by atoms with Crippen LogP contribution in [-0.2, 0) is 7.05 Å². The first-order valence-corrected chi connectivity index (χ1v) is 5.98. The van der Waals surface area contributed by atoms with Gasteiger partial charge in [-0.3, -0.25) is 4.79 Å². The van der Waals surface area contributed by atoms with E-state index in [1.165, 1.54) is 0 Å². The molecule has 0 amide bonds. The van der Waals surface area contributed by atoms with Crippen molar-refractivity contribution in [3.05, 3.63) is 46.5 Å². The predicted octanol–water partition coefficient (Wildman–Crippen LogP) is 1.82. The monoisotopic (exact) mass is 254 g/mol. The summed E-state index contributed by atoms with van der Waals surface area (Å²) in [4.78, 5) is 19.4. The number of nitrogens with one attached hydrogen (secondary N) is 1. The summed E-state index contributed by atoms with van der Waals surface area (Å²) >= 11 is 0. The van der Waals surface area contributed by atoms with Crippen molar-refractivity contribution in [3.8, 4) is 11.3 Å². The topological polar surface area (TPSA) is 76.7 Å². The quantitative estimate of drug-likeness (QED) is 0.695. The molecule has 0 atom stereocenters. The molecule has 0 aliphatic carbocycles. The molecule has 0 aliphatic heterocycles. The predicted molar refractivity (Wildman–Crippen MR) is 75.9 cm³/mol. The maximum atomic E-state index is 12.0. The minimum Gasteiger partial charge on any atom is -0.384 e. The number of aromatic nitrogens is 3. The van der Waals surface area contributed by atoms with Crippen LogP contribution >= 0.6 is 0 Å². The first-order valence-electron chi connectivity index (χ1n) is 5.98. The Morgan fingerprint density at radius 3 is 2.89 bits per heavy atom. The molecular weight excluding hydrogens is 240 g/mol. The molecule has 0 spiro atoms. The van der Waals surface area contributed by atoms with Crippen LogP contribution in [0.25, 0.3) is 22.2 Å². The molecule has 0 aliphatic rings. The van der Waals surface area contributed by atoms with Gasteiger partial charge in [0.25, 0.3) is 5.56 Å². The van der Waals surface area contributed by atoms with E-state index >= 15 is 0 Å². The van der Waals surface area contributed by atoms with Gasteiger partial charge in [-0.15, -0.1) is 0 Å². The van der Waals surface area contributed by atoms with Gasteiger partial charge in [0, 0.05) is 30.4 Å². The van der Waals surface area contributed by atoms with E-state index in [1.807, 2.05) is 19.1 Å². The third-order valence-electron chi connectivity index (χ3n) is 3.27. The van der Waals surface area contributed by atoms with E-state index in [0.717, 1.165) is 22.2 Å². The van der Waals surface area contributed by atoms with Crippen LogP contribution < -0.4 is 11.3 Å². The highest BCUT2D eigenvalue weighted by molar-refractivity contribution is 5.94. The Morgan fingerprint density at radius 2 is 2.11 bits per heavy atom. The van der Waals surface area contributed by atoms with Crippen molar-refractivity contribution in [2.45, 2.75) is 6.92 Å². The van der Waals surface area contributed by atoms with Crippen molar-refractivity contribution in [3.63, 3.8) is 0 Å². The number of nitrogens with two attached hydrogens (primary N) is 1. The number of hydrogen-bond donors (Lipinski definition) is 2. The lowest BCUT2D eigenvalue weighted by molar-refractivity contribution is 0.871. The van der Waals surface area contributed by atoms with E-state index < -0.39 is 0 Å². The number of anilines is 1. The molecule has 3 heterocycles. The Morgan fingerprint density at radius 1 is 1.32 bits per heavy atom. The summed E-state index contributed by atoms with van der Waals surface area (Å²) in [6.07, 6.45) is 3.56. The van der Waals surface area contributed by atoms with Crippen molar-refractivity contribution < 1.29 is 0 Å². The molecule has 0 saturated heterocycles. The lowest BCUT2D eigenvalue weighted by Crippen LogP contribution is -2.16. The molecule has 0 radical (unpaired) electrons. The molecular formula is C14H14N4O. The normalized spacial score (nSPS) is 11.1. The van der Waals surface area contributed by atoms with E-state index in [9.17, 15) is 4.79 Å². The van der Waals surface area contributed by atoms with E-state index in [0.29, 0.717) is 11.3 Å². The van der Waals surface area contributed by atoms with Crippen LogP contribution in [0.5, 0.6) is 0 Å². The van der Waals surface area contributed by atoms with Gasteiger partial charge >= 0.3 is 0 Å². The fourth-order valence-electron chi connectivity index (χ4n) is 2.27. The minimum absolute atomic E-state index is 0.0506. The molecule has 0 aromatic carbocycles. The van der Waals surface area contributed by atoms with Gasteiger partial charge in [0.2, 0.25) is 0 Å². The highest BCUT2D eigenvalue weighted by Gasteiger charge is 2.12. The number of nitrogen functional groups attached to an aromatic ring is 1. The first-order chi connectivity index (χ1) is 9.08. The lowest BCUT2D eigenvalue weighted by atomic mass is 10.1. The van der Waals surface area contributed by atoms with E-state index in [4.69, 9.17) is 5.73 Å². The summed E-state index contributed by atoms with van der Waals surface area (Å²) in [7, 11) is 1.73. The molecule has 5 nitrogen and oxygen atoms in total. The van der Waals surface area contributed by atoms with Crippen LogP contribution in [0.1, 0.15) is 5.56 Å². The lowest BCUT2D eigenvalue weighted by Gasteiger charge is -2.09. The van der Waals surface area contributed by atoms with E-state index in [-0.39, 0.29) is 5.56 Å². The minimum atomic E-state index is -0.0506. The molecule has 0 saturated carbocycles. The molecule has 3 aromatic rings. The number of nitrogens with zero attached hydrogens (tertiary/aromatic N) is 2. The number of pyridine rings is 2. The van der Waals surface area contributed by atoms with Crippen molar-refractivity contribution in [1.29, 1.82) is 0 Å². The van der Waals surface area contributed by atoms with Crippen molar-refractivity contribution in [1.82, 2.24) is 14.5 Å². The molecule has 5 heteroatoms. The summed E-state index contributed by atoms with van der Waals surface area (Å²) in [6.45, 7) is 1.98. The zero-order valence-corrected chi connectivity index (χ0v) is 10.8. The van der Waals surface area contributed by atoms with Gasteiger partial charge in [-0.1, -0.05) is 6.07 Å². The Kier molecular flexibility index (Phi) is 2.41. The highest BCUT2D eigenvalue weighted by Crippen LogP contribution is 2.27. The third-order valence-corrected chi connectivity index (χ3v) is 3.27. The van der Waals surface area contributed by atoms with Crippen LogP contribution in [0.15, 0.2) is 35.4 Å². The fourth-order valence-corrected chi connectivity index (χ4v) is 2.27. The van der Waals surface area contributed by atoms with E-state index in [1.54, 1.807) is 30.1 Å². The van der Waals surface area contributed by atoms with Gasteiger partial charge in [0.1, 0.15) is 11.3 Å². The smallest absolute Gasteiger partial charge is 0.274 e. The van der Waals surface area contributed by atoms with Gasteiger partial charge in [-0.2, -0.15) is 0 Å². The Balaban J connectivity index is 2.43. The number of hydrogen-bond acceptors (Lipinski definition) is 3. The number of aryl methyl sites for hydroxylation is 2.